The molecule has 17 heavy (non-hydrogen) atoms. The fraction of sp³-hybridized carbons (Fsp3) is 0.533. The van der Waals surface area contributed by atoms with E-state index in [-0.39, 0.29) is 12.0 Å². The van der Waals surface area contributed by atoms with E-state index in [1.807, 2.05) is 18.2 Å². The topological polar surface area (TPSA) is 26.3 Å². The molecular weight excluding hydrogens is 212 g/mol. The van der Waals surface area contributed by atoms with Gasteiger partial charge in [-0.1, -0.05) is 30.3 Å². The summed E-state index contributed by atoms with van der Waals surface area (Å²) in [6, 6.07) is 10.4. The Morgan fingerprint density at radius 3 is 2.71 bits per heavy atom. The third-order valence-electron chi connectivity index (χ3n) is 3.88. The Labute approximate surface area is 102 Å². The molecular formula is C15H18O2. The lowest BCUT2D eigenvalue weighted by atomic mass is 10.00. The summed E-state index contributed by atoms with van der Waals surface area (Å²) in [6.45, 7) is 0.763. The van der Waals surface area contributed by atoms with Crippen LogP contribution in [0.5, 0.6) is 0 Å². The SMILES string of the molecule is O=C(C1CCCCO1)C1CC1c1ccccc1. The predicted octanol–water partition coefficient (Wildman–Crippen LogP) is 2.93. The number of hydrogen-bond donors (Lipinski definition) is 0. The first-order chi connectivity index (χ1) is 8.36. The number of carbonyl (C=O) groups excluding carboxylic acids is 1. The van der Waals surface area contributed by atoms with Crippen LogP contribution in [-0.2, 0) is 9.53 Å². The van der Waals surface area contributed by atoms with Gasteiger partial charge in [-0.05, 0) is 37.2 Å². The normalized spacial score (nSPS) is 32.1. The number of benzene rings is 1. The summed E-state index contributed by atoms with van der Waals surface area (Å²) < 4.78 is 5.58. The van der Waals surface area contributed by atoms with E-state index in [9.17, 15) is 4.79 Å². The molecule has 1 aliphatic carbocycles. The van der Waals surface area contributed by atoms with Gasteiger partial charge in [0.05, 0.1) is 0 Å². The molecule has 90 valence electrons. The molecule has 3 atom stereocenters. The molecule has 0 spiro atoms. The minimum atomic E-state index is -0.109. The lowest BCUT2D eigenvalue weighted by Crippen LogP contribution is -2.29. The van der Waals surface area contributed by atoms with Crippen molar-refractivity contribution < 1.29 is 9.53 Å². The summed E-state index contributed by atoms with van der Waals surface area (Å²) >= 11 is 0. The molecule has 2 nitrogen and oxygen atoms in total. The summed E-state index contributed by atoms with van der Waals surface area (Å²) in [7, 11) is 0. The van der Waals surface area contributed by atoms with Gasteiger partial charge in [-0.25, -0.2) is 0 Å². The van der Waals surface area contributed by atoms with Gasteiger partial charge in [-0.15, -0.1) is 0 Å². The lowest BCUT2D eigenvalue weighted by Gasteiger charge is -2.21. The van der Waals surface area contributed by atoms with Crippen molar-refractivity contribution in [2.45, 2.75) is 37.7 Å². The highest BCUT2D eigenvalue weighted by Crippen LogP contribution is 2.49. The first-order valence-electron chi connectivity index (χ1n) is 6.56. The molecule has 1 aliphatic heterocycles. The van der Waals surface area contributed by atoms with Crippen LogP contribution in [0.2, 0.25) is 0 Å². The van der Waals surface area contributed by atoms with Crippen molar-refractivity contribution in [1.29, 1.82) is 0 Å². The van der Waals surface area contributed by atoms with E-state index in [1.54, 1.807) is 0 Å². The molecule has 1 saturated heterocycles. The third kappa shape index (κ3) is 2.27. The summed E-state index contributed by atoms with van der Waals surface area (Å²) in [4.78, 5) is 12.2. The van der Waals surface area contributed by atoms with Crippen LogP contribution < -0.4 is 0 Å². The van der Waals surface area contributed by atoms with Gasteiger partial charge < -0.3 is 4.74 Å². The second-order valence-corrected chi connectivity index (χ2v) is 5.12. The number of hydrogen-bond acceptors (Lipinski definition) is 2. The number of ether oxygens (including phenoxy) is 1. The van der Waals surface area contributed by atoms with Crippen molar-refractivity contribution in [1.82, 2.24) is 0 Å². The van der Waals surface area contributed by atoms with Crippen LogP contribution in [0.3, 0.4) is 0 Å². The van der Waals surface area contributed by atoms with Gasteiger partial charge in [0.25, 0.3) is 0 Å². The van der Waals surface area contributed by atoms with Crippen molar-refractivity contribution in [3.63, 3.8) is 0 Å². The molecule has 0 radical (unpaired) electrons. The maximum atomic E-state index is 12.2. The molecule has 0 bridgehead atoms. The van der Waals surface area contributed by atoms with Crippen LogP contribution in [0.4, 0.5) is 0 Å². The Morgan fingerprint density at radius 2 is 2.00 bits per heavy atom. The Kier molecular flexibility index (Phi) is 2.98. The molecule has 0 N–H and O–H groups in total. The Balaban J connectivity index is 1.62. The molecule has 2 fully saturated rings. The zero-order valence-electron chi connectivity index (χ0n) is 9.97. The van der Waals surface area contributed by atoms with Crippen molar-refractivity contribution in [3.8, 4) is 0 Å². The molecule has 3 unspecified atom stereocenters. The highest BCUT2D eigenvalue weighted by molar-refractivity contribution is 5.89. The molecule has 1 heterocycles. The second-order valence-electron chi connectivity index (χ2n) is 5.12. The first kappa shape index (κ1) is 11.0. The average Bonchev–Trinajstić information content (AvgIpc) is 3.20. The molecule has 0 amide bonds. The Bertz CT molecular complexity index is 393. The predicted molar refractivity (Wildman–Crippen MR) is 65.9 cm³/mol. The van der Waals surface area contributed by atoms with Gasteiger partial charge >= 0.3 is 0 Å². The highest BCUT2D eigenvalue weighted by Gasteiger charge is 2.46. The number of ketones is 1. The van der Waals surface area contributed by atoms with Gasteiger partial charge in [0.15, 0.2) is 5.78 Å². The maximum Gasteiger partial charge on any atom is 0.165 e. The van der Waals surface area contributed by atoms with E-state index >= 15 is 0 Å². The minimum absolute atomic E-state index is 0.109. The van der Waals surface area contributed by atoms with Crippen LogP contribution in [0.15, 0.2) is 30.3 Å². The zero-order valence-corrected chi connectivity index (χ0v) is 9.97. The van der Waals surface area contributed by atoms with Gasteiger partial charge in [-0.2, -0.15) is 0 Å². The minimum Gasteiger partial charge on any atom is -0.370 e. The molecule has 1 aromatic carbocycles. The summed E-state index contributed by atoms with van der Waals surface area (Å²) in [6.07, 6.45) is 4.08. The highest BCUT2D eigenvalue weighted by atomic mass is 16.5. The van der Waals surface area contributed by atoms with Crippen LogP contribution in [0, 0.1) is 5.92 Å². The van der Waals surface area contributed by atoms with E-state index in [0.717, 1.165) is 32.3 Å². The van der Waals surface area contributed by atoms with Gasteiger partial charge in [0.1, 0.15) is 6.10 Å². The van der Waals surface area contributed by atoms with E-state index in [2.05, 4.69) is 12.1 Å². The van der Waals surface area contributed by atoms with Crippen molar-refractivity contribution in [3.05, 3.63) is 35.9 Å². The number of carbonyl (C=O) groups is 1. The second kappa shape index (κ2) is 4.61. The summed E-state index contributed by atoms with van der Waals surface area (Å²) in [5.41, 5.74) is 1.31. The van der Waals surface area contributed by atoms with E-state index in [4.69, 9.17) is 4.74 Å². The molecule has 2 heteroatoms. The fourth-order valence-electron chi connectivity index (χ4n) is 2.78. The zero-order chi connectivity index (χ0) is 11.7. The molecule has 1 saturated carbocycles. The summed E-state index contributed by atoms with van der Waals surface area (Å²) in [5.74, 6) is 1.02. The lowest BCUT2D eigenvalue weighted by molar-refractivity contribution is -0.134. The third-order valence-corrected chi connectivity index (χ3v) is 3.88. The van der Waals surface area contributed by atoms with Crippen molar-refractivity contribution in [2.24, 2.45) is 5.92 Å². The molecule has 3 rings (SSSR count). The van der Waals surface area contributed by atoms with Crippen LogP contribution in [-0.4, -0.2) is 18.5 Å². The van der Waals surface area contributed by atoms with Gasteiger partial charge in [0, 0.05) is 12.5 Å². The fourth-order valence-corrected chi connectivity index (χ4v) is 2.78. The molecule has 0 aromatic heterocycles. The van der Waals surface area contributed by atoms with Gasteiger partial charge in [-0.3, -0.25) is 4.79 Å². The van der Waals surface area contributed by atoms with Crippen LogP contribution in [0.25, 0.3) is 0 Å². The Morgan fingerprint density at radius 1 is 1.18 bits per heavy atom. The van der Waals surface area contributed by atoms with Crippen molar-refractivity contribution >= 4 is 5.78 Å². The van der Waals surface area contributed by atoms with E-state index < -0.39 is 0 Å². The largest absolute Gasteiger partial charge is 0.370 e. The number of rotatable bonds is 3. The van der Waals surface area contributed by atoms with Crippen molar-refractivity contribution in [2.75, 3.05) is 6.61 Å². The molecule has 1 aromatic rings. The van der Waals surface area contributed by atoms with E-state index in [0.29, 0.717) is 11.7 Å². The number of Topliss-reactive ketones (excluding diaryl/α,β-unsaturated/α-hetero) is 1. The monoisotopic (exact) mass is 230 g/mol. The van der Waals surface area contributed by atoms with Crippen LogP contribution in [0.1, 0.15) is 37.2 Å². The van der Waals surface area contributed by atoms with E-state index in [1.165, 1.54) is 5.56 Å². The van der Waals surface area contributed by atoms with Gasteiger partial charge in [0.2, 0.25) is 0 Å². The Hall–Kier alpha value is -1.15. The smallest absolute Gasteiger partial charge is 0.165 e. The van der Waals surface area contributed by atoms with Crippen LogP contribution >= 0.6 is 0 Å². The standard InChI is InChI=1S/C15H18O2/c16-15(14-8-4-5-9-17-14)13-10-12(13)11-6-2-1-3-7-11/h1-3,6-7,12-14H,4-5,8-10H2. The molecule has 2 aliphatic rings. The quantitative estimate of drug-likeness (QED) is 0.798. The maximum absolute atomic E-state index is 12.2. The average molecular weight is 230 g/mol. The first-order valence-corrected chi connectivity index (χ1v) is 6.56. The summed E-state index contributed by atoms with van der Waals surface area (Å²) in [5, 5.41) is 0.